The molecule has 0 saturated carbocycles. The van der Waals surface area contributed by atoms with Gasteiger partial charge in [-0.2, -0.15) is 0 Å². The summed E-state index contributed by atoms with van der Waals surface area (Å²) in [6.07, 6.45) is 2.76. The van der Waals surface area contributed by atoms with Gasteiger partial charge in [0.1, 0.15) is 5.82 Å². The van der Waals surface area contributed by atoms with Gasteiger partial charge in [-0.25, -0.2) is 9.97 Å². The molecule has 0 spiro atoms. The van der Waals surface area contributed by atoms with E-state index in [1.807, 2.05) is 20.2 Å². The summed E-state index contributed by atoms with van der Waals surface area (Å²) in [7, 11) is 1.95. The molecule has 0 amide bonds. The number of nitrogens with zero attached hydrogens (tertiary/aromatic N) is 2. The minimum Gasteiger partial charge on any atom is -0.313 e. The average Bonchev–Trinajstić information content (AvgIpc) is 2.81. The zero-order chi connectivity index (χ0) is 12.3. The molecule has 1 atom stereocenters. The Balaban J connectivity index is 2.19. The van der Waals surface area contributed by atoms with Gasteiger partial charge < -0.3 is 5.32 Å². The molecule has 2 aromatic rings. The standard InChI is InChI=1S/C13H17N3S/c1-9(14-3)12-8-15-13(16-10(12)2)7-11-5-4-6-17-11/h4-6,8-9,14H,7H2,1-3H3. The summed E-state index contributed by atoms with van der Waals surface area (Å²) >= 11 is 1.75. The zero-order valence-corrected chi connectivity index (χ0v) is 11.2. The van der Waals surface area contributed by atoms with Crippen molar-refractivity contribution in [2.45, 2.75) is 26.3 Å². The lowest BCUT2D eigenvalue weighted by Gasteiger charge is -2.13. The van der Waals surface area contributed by atoms with Gasteiger partial charge in [-0.15, -0.1) is 11.3 Å². The Morgan fingerprint density at radius 2 is 2.29 bits per heavy atom. The fourth-order valence-corrected chi connectivity index (χ4v) is 2.46. The van der Waals surface area contributed by atoms with Gasteiger partial charge in [-0.1, -0.05) is 6.07 Å². The quantitative estimate of drug-likeness (QED) is 0.902. The van der Waals surface area contributed by atoms with E-state index < -0.39 is 0 Å². The summed E-state index contributed by atoms with van der Waals surface area (Å²) in [4.78, 5) is 10.3. The minimum absolute atomic E-state index is 0.297. The first-order chi connectivity index (χ1) is 8.20. The van der Waals surface area contributed by atoms with Crippen molar-refractivity contribution < 1.29 is 0 Å². The normalized spacial score (nSPS) is 12.6. The van der Waals surface area contributed by atoms with Crippen molar-refractivity contribution in [1.82, 2.24) is 15.3 Å². The highest BCUT2D eigenvalue weighted by Crippen LogP contribution is 2.16. The summed E-state index contributed by atoms with van der Waals surface area (Å²) in [5.41, 5.74) is 2.23. The molecule has 2 heterocycles. The molecule has 2 rings (SSSR count). The summed E-state index contributed by atoms with van der Waals surface area (Å²) in [5, 5.41) is 5.29. The van der Waals surface area contributed by atoms with Crippen LogP contribution < -0.4 is 5.32 Å². The van der Waals surface area contributed by atoms with E-state index in [4.69, 9.17) is 0 Å². The first-order valence-electron chi connectivity index (χ1n) is 5.72. The van der Waals surface area contributed by atoms with Gasteiger partial charge >= 0.3 is 0 Å². The molecule has 0 aliphatic heterocycles. The fourth-order valence-electron chi connectivity index (χ4n) is 1.76. The average molecular weight is 247 g/mol. The number of aromatic nitrogens is 2. The molecule has 1 unspecified atom stereocenters. The van der Waals surface area contributed by atoms with E-state index in [-0.39, 0.29) is 0 Å². The Morgan fingerprint density at radius 3 is 2.88 bits per heavy atom. The highest BCUT2D eigenvalue weighted by atomic mass is 32.1. The van der Waals surface area contributed by atoms with Crippen LogP contribution in [0.25, 0.3) is 0 Å². The van der Waals surface area contributed by atoms with Gasteiger partial charge in [-0.3, -0.25) is 0 Å². The predicted octanol–water partition coefficient (Wildman–Crippen LogP) is 2.72. The van der Waals surface area contributed by atoms with Gasteiger partial charge in [0.25, 0.3) is 0 Å². The molecule has 0 aliphatic rings. The molecule has 2 aromatic heterocycles. The molecule has 4 heteroatoms. The van der Waals surface area contributed by atoms with Crippen molar-refractivity contribution >= 4 is 11.3 Å². The second kappa shape index (κ2) is 5.38. The Morgan fingerprint density at radius 1 is 1.47 bits per heavy atom. The second-order valence-corrected chi connectivity index (χ2v) is 5.13. The molecule has 0 bridgehead atoms. The van der Waals surface area contributed by atoms with Crippen LogP contribution in [0.1, 0.15) is 34.9 Å². The number of hydrogen-bond acceptors (Lipinski definition) is 4. The maximum Gasteiger partial charge on any atom is 0.133 e. The highest BCUT2D eigenvalue weighted by Gasteiger charge is 2.09. The molecule has 1 N–H and O–H groups in total. The third kappa shape index (κ3) is 2.90. The van der Waals surface area contributed by atoms with E-state index in [1.54, 1.807) is 11.3 Å². The lowest BCUT2D eigenvalue weighted by atomic mass is 10.1. The van der Waals surface area contributed by atoms with E-state index in [0.717, 1.165) is 17.9 Å². The Labute approximate surface area is 106 Å². The summed E-state index contributed by atoms with van der Waals surface area (Å²) in [6.45, 7) is 4.16. The third-order valence-electron chi connectivity index (χ3n) is 2.88. The number of nitrogens with one attached hydrogen (secondary N) is 1. The summed E-state index contributed by atoms with van der Waals surface area (Å²) < 4.78 is 0. The smallest absolute Gasteiger partial charge is 0.133 e. The predicted molar refractivity (Wildman–Crippen MR) is 71.4 cm³/mol. The van der Waals surface area contributed by atoms with Gasteiger partial charge in [0.15, 0.2) is 0 Å². The minimum atomic E-state index is 0.297. The molecule has 17 heavy (non-hydrogen) atoms. The maximum atomic E-state index is 4.57. The van der Waals surface area contributed by atoms with E-state index in [2.05, 4.69) is 39.7 Å². The Hall–Kier alpha value is -1.26. The van der Waals surface area contributed by atoms with E-state index in [0.29, 0.717) is 6.04 Å². The molecule has 90 valence electrons. The van der Waals surface area contributed by atoms with E-state index >= 15 is 0 Å². The molecule has 0 aliphatic carbocycles. The largest absolute Gasteiger partial charge is 0.313 e. The van der Waals surface area contributed by atoms with Crippen LogP contribution in [-0.4, -0.2) is 17.0 Å². The van der Waals surface area contributed by atoms with Crippen LogP contribution in [0.2, 0.25) is 0 Å². The van der Waals surface area contributed by atoms with Crippen molar-refractivity contribution in [1.29, 1.82) is 0 Å². The molecule has 0 aromatic carbocycles. The first-order valence-corrected chi connectivity index (χ1v) is 6.60. The molecular formula is C13H17N3S. The van der Waals surface area contributed by atoms with Gasteiger partial charge in [0, 0.05) is 34.8 Å². The lowest BCUT2D eigenvalue weighted by Crippen LogP contribution is -2.15. The van der Waals surface area contributed by atoms with Crippen molar-refractivity contribution in [3.05, 3.63) is 45.7 Å². The summed E-state index contributed by atoms with van der Waals surface area (Å²) in [5.74, 6) is 0.900. The van der Waals surface area contributed by atoms with E-state index in [1.165, 1.54) is 10.4 Å². The molecule has 0 fully saturated rings. The zero-order valence-electron chi connectivity index (χ0n) is 10.4. The van der Waals surface area contributed by atoms with Crippen LogP contribution in [0.5, 0.6) is 0 Å². The number of aryl methyl sites for hydroxylation is 1. The number of thiophene rings is 1. The van der Waals surface area contributed by atoms with Crippen molar-refractivity contribution in [2.24, 2.45) is 0 Å². The Bertz CT molecular complexity index is 479. The van der Waals surface area contributed by atoms with Crippen LogP contribution in [-0.2, 0) is 6.42 Å². The van der Waals surface area contributed by atoms with Crippen LogP contribution >= 0.6 is 11.3 Å². The van der Waals surface area contributed by atoms with Crippen molar-refractivity contribution in [2.75, 3.05) is 7.05 Å². The SMILES string of the molecule is CNC(C)c1cnc(Cc2cccs2)nc1C. The van der Waals surface area contributed by atoms with Gasteiger partial charge in [0.2, 0.25) is 0 Å². The fraction of sp³-hybridized carbons (Fsp3) is 0.385. The van der Waals surface area contributed by atoms with Crippen molar-refractivity contribution in [3.63, 3.8) is 0 Å². The highest BCUT2D eigenvalue weighted by molar-refractivity contribution is 7.09. The third-order valence-corrected chi connectivity index (χ3v) is 3.76. The van der Waals surface area contributed by atoms with Crippen LogP contribution in [0, 0.1) is 6.92 Å². The van der Waals surface area contributed by atoms with Gasteiger partial charge in [0.05, 0.1) is 0 Å². The number of hydrogen-bond donors (Lipinski definition) is 1. The second-order valence-electron chi connectivity index (χ2n) is 4.09. The lowest BCUT2D eigenvalue weighted by molar-refractivity contribution is 0.638. The van der Waals surface area contributed by atoms with Crippen molar-refractivity contribution in [3.8, 4) is 0 Å². The molecule has 0 radical (unpaired) electrons. The van der Waals surface area contributed by atoms with Gasteiger partial charge in [-0.05, 0) is 32.3 Å². The van der Waals surface area contributed by atoms with E-state index in [9.17, 15) is 0 Å². The topological polar surface area (TPSA) is 37.8 Å². The maximum absolute atomic E-state index is 4.57. The Kier molecular flexibility index (Phi) is 3.86. The van der Waals surface area contributed by atoms with Crippen LogP contribution in [0.4, 0.5) is 0 Å². The first kappa shape index (κ1) is 12.2. The molecule has 0 saturated heterocycles. The summed E-state index contributed by atoms with van der Waals surface area (Å²) in [6, 6.07) is 4.48. The van der Waals surface area contributed by atoms with Crippen LogP contribution in [0.15, 0.2) is 23.7 Å². The number of rotatable bonds is 4. The monoisotopic (exact) mass is 247 g/mol. The molecular weight excluding hydrogens is 230 g/mol. The van der Waals surface area contributed by atoms with Crippen LogP contribution in [0.3, 0.4) is 0 Å². The molecule has 3 nitrogen and oxygen atoms in total.